The van der Waals surface area contributed by atoms with E-state index < -0.39 is 34.2 Å². The van der Waals surface area contributed by atoms with Gasteiger partial charge in [0.05, 0.1) is 11.3 Å². The summed E-state index contributed by atoms with van der Waals surface area (Å²) in [5.41, 5.74) is 5.33. The first-order valence-corrected chi connectivity index (χ1v) is 11.7. The average Bonchev–Trinajstić information content (AvgIpc) is 3.29. The van der Waals surface area contributed by atoms with Crippen molar-refractivity contribution in [1.82, 2.24) is 14.1 Å². The van der Waals surface area contributed by atoms with Crippen molar-refractivity contribution in [3.8, 4) is 21.8 Å². The predicted octanol–water partition coefficient (Wildman–Crippen LogP) is 4.23. The van der Waals surface area contributed by atoms with Gasteiger partial charge in [-0.15, -0.1) is 11.3 Å². The summed E-state index contributed by atoms with van der Waals surface area (Å²) in [6, 6.07) is 11.3. The molecule has 2 aromatic heterocycles. The topological polar surface area (TPSA) is 100.0 Å². The van der Waals surface area contributed by atoms with Gasteiger partial charge >= 0.3 is 5.69 Å². The van der Waals surface area contributed by atoms with Gasteiger partial charge in [-0.25, -0.2) is 18.6 Å². The van der Waals surface area contributed by atoms with Gasteiger partial charge in [-0.05, 0) is 24.6 Å². The minimum Gasteiger partial charge on any atom is -0.384 e. The lowest BCUT2D eigenvalue weighted by molar-refractivity contribution is 0.103. The molecule has 35 heavy (non-hydrogen) atoms. The van der Waals surface area contributed by atoms with Crippen LogP contribution < -0.4 is 17.0 Å². The highest BCUT2D eigenvalue weighted by Gasteiger charge is 2.27. The Labute approximate surface area is 203 Å². The number of nitrogens with two attached hydrogens (primary N) is 1. The standard InChI is InChI=1S/C25H22F2N4O3S/c1-3-4-12-31-22(28)18(24(33)30(2)25(31)34)23-29-19(14-8-6-5-7-9-14)21(35-23)20(32)16-13-15(26)10-11-17(16)27/h5-11,13H,3-4,12,28H2,1-2H3. The molecular weight excluding hydrogens is 474 g/mol. The summed E-state index contributed by atoms with van der Waals surface area (Å²) >= 11 is 0.842. The minimum atomic E-state index is -0.881. The molecule has 7 nitrogen and oxygen atoms in total. The van der Waals surface area contributed by atoms with Crippen molar-refractivity contribution in [2.75, 3.05) is 5.73 Å². The molecule has 0 radical (unpaired) electrons. The Kier molecular flexibility index (Phi) is 6.74. The van der Waals surface area contributed by atoms with Gasteiger partial charge in [0, 0.05) is 19.2 Å². The highest BCUT2D eigenvalue weighted by Crippen LogP contribution is 2.36. The highest BCUT2D eigenvalue weighted by atomic mass is 32.1. The first kappa shape index (κ1) is 24.2. The van der Waals surface area contributed by atoms with Crippen LogP contribution in [0.3, 0.4) is 0 Å². The van der Waals surface area contributed by atoms with E-state index in [1.54, 1.807) is 30.3 Å². The first-order valence-electron chi connectivity index (χ1n) is 10.9. The molecule has 0 spiro atoms. The van der Waals surface area contributed by atoms with Crippen LogP contribution in [0, 0.1) is 11.6 Å². The molecule has 4 aromatic rings. The number of thiazole rings is 1. The molecule has 0 saturated carbocycles. The van der Waals surface area contributed by atoms with E-state index in [0.29, 0.717) is 18.5 Å². The van der Waals surface area contributed by atoms with Crippen molar-refractivity contribution >= 4 is 22.9 Å². The van der Waals surface area contributed by atoms with E-state index in [0.717, 1.165) is 40.5 Å². The quantitative estimate of drug-likeness (QED) is 0.386. The molecule has 0 atom stereocenters. The molecule has 0 unspecified atom stereocenters. The number of rotatable bonds is 7. The van der Waals surface area contributed by atoms with Crippen LogP contribution in [0.15, 0.2) is 58.1 Å². The molecule has 10 heteroatoms. The number of aromatic nitrogens is 3. The fraction of sp³-hybridized carbons (Fsp3) is 0.200. The van der Waals surface area contributed by atoms with E-state index >= 15 is 0 Å². The molecular formula is C25H22F2N4O3S. The molecule has 0 saturated heterocycles. The molecule has 0 aliphatic carbocycles. The van der Waals surface area contributed by atoms with Gasteiger partial charge in [-0.1, -0.05) is 43.7 Å². The van der Waals surface area contributed by atoms with Crippen LogP contribution >= 0.6 is 11.3 Å². The second-order valence-corrected chi connectivity index (χ2v) is 8.93. The van der Waals surface area contributed by atoms with E-state index in [1.807, 2.05) is 6.92 Å². The summed E-state index contributed by atoms with van der Waals surface area (Å²) < 4.78 is 30.5. The smallest absolute Gasteiger partial charge is 0.332 e. The molecule has 0 bridgehead atoms. The van der Waals surface area contributed by atoms with Crippen LogP contribution in [0.1, 0.15) is 35.0 Å². The maximum absolute atomic E-state index is 14.5. The Morgan fingerprint density at radius 3 is 2.51 bits per heavy atom. The molecule has 2 aromatic carbocycles. The molecule has 0 aliphatic heterocycles. The van der Waals surface area contributed by atoms with E-state index in [-0.39, 0.29) is 27.0 Å². The van der Waals surface area contributed by atoms with Gasteiger partial charge in [0.15, 0.2) is 0 Å². The number of benzene rings is 2. The third kappa shape index (κ3) is 4.44. The second-order valence-electron chi connectivity index (χ2n) is 7.93. The summed E-state index contributed by atoms with van der Waals surface area (Å²) in [4.78, 5) is 43.6. The van der Waals surface area contributed by atoms with E-state index in [1.165, 1.54) is 11.6 Å². The summed E-state index contributed by atoms with van der Waals surface area (Å²) in [7, 11) is 1.34. The fourth-order valence-corrected chi connectivity index (χ4v) is 4.77. The number of anilines is 1. The largest absolute Gasteiger partial charge is 0.384 e. The van der Waals surface area contributed by atoms with E-state index in [2.05, 4.69) is 4.98 Å². The molecule has 0 aliphatic rings. The molecule has 0 amide bonds. The van der Waals surface area contributed by atoms with E-state index in [9.17, 15) is 23.2 Å². The predicted molar refractivity (Wildman–Crippen MR) is 132 cm³/mol. The van der Waals surface area contributed by atoms with Gasteiger partial charge in [-0.3, -0.25) is 18.7 Å². The number of unbranched alkanes of at least 4 members (excludes halogenated alkanes) is 1. The number of hydrogen-bond acceptors (Lipinski definition) is 6. The minimum absolute atomic E-state index is 0.0171. The lowest BCUT2D eigenvalue weighted by Crippen LogP contribution is -2.40. The lowest BCUT2D eigenvalue weighted by Gasteiger charge is -2.13. The summed E-state index contributed by atoms with van der Waals surface area (Å²) in [6.45, 7) is 2.26. The van der Waals surface area contributed by atoms with Crippen LogP contribution in [-0.2, 0) is 13.6 Å². The lowest BCUT2D eigenvalue weighted by atomic mass is 10.0. The van der Waals surface area contributed by atoms with Crippen molar-refractivity contribution in [1.29, 1.82) is 0 Å². The molecule has 0 fully saturated rings. The van der Waals surface area contributed by atoms with Gasteiger partial charge in [-0.2, -0.15) is 0 Å². The highest BCUT2D eigenvalue weighted by molar-refractivity contribution is 7.17. The zero-order valence-corrected chi connectivity index (χ0v) is 19.9. The van der Waals surface area contributed by atoms with Gasteiger partial charge in [0.1, 0.15) is 32.9 Å². The number of halogens is 2. The van der Waals surface area contributed by atoms with Crippen LogP contribution in [-0.4, -0.2) is 19.9 Å². The first-order chi connectivity index (χ1) is 16.7. The molecule has 2 heterocycles. The third-order valence-corrected chi connectivity index (χ3v) is 6.66. The number of nitrogen functional groups attached to an aromatic ring is 1. The third-order valence-electron chi connectivity index (χ3n) is 5.59. The maximum Gasteiger partial charge on any atom is 0.332 e. The number of carbonyl (C=O) groups is 1. The number of ketones is 1. The number of nitrogens with zero attached hydrogens (tertiary/aromatic N) is 3. The second kappa shape index (κ2) is 9.75. The summed E-state index contributed by atoms with van der Waals surface area (Å²) in [5, 5.41) is 0.104. The number of hydrogen-bond donors (Lipinski definition) is 1. The molecule has 180 valence electrons. The van der Waals surface area contributed by atoms with Crippen LogP contribution in [0.5, 0.6) is 0 Å². The van der Waals surface area contributed by atoms with Gasteiger partial charge in [0.2, 0.25) is 5.78 Å². The normalized spacial score (nSPS) is 11.1. The van der Waals surface area contributed by atoms with Gasteiger partial charge < -0.3 is 5.73 Å². The monoisotopic (exact) mass is 496 g/mol. The average molecular weight is 497 g/mol. The Balaban J connectivity index is 1.98. The summed E-state index contributed by atoms with van der Waals surface area (Å²) in [6.07, 6.45) is 1.47. The molecule has 2 N–H and O–H groups in total. The fourth-order valence-electron chi connectivity index (χ4n) is 3.68. The Morgan fingerprint density at radius 1 is 1.11 bits per heavy atom. The Bertz CT molecular complexity index is 1540. The zero-order valence-electron chi connectivity index (χ0n) is 19.0. The van der Waals surface area contributed by atoms with Crippen LogP contribution in [0.4, 0.5) is 14.6 Å². The van der Waals surface area contributed by atoms with E-state index in [4.69, 9.17) is 5.73 Å². The van der Waals surface area contributed by atoms with Crippen molar-refractivity contribution in [2.24, 2.45) is 7.05 Å². The van der Waals surface area contributed by atoms with Crippen LogP contribution in [0.2, 0.25) is 0 Å². The SMILES string of the molecule is CCCCn1c(N)c(-c2nc(-c3ccccc3)c(C(=O)c3cc(F)ccc3F)s2)c(=O)n(C)c1=O. The van der Waals surface area contributed by atoms with Crippen molar-refractivity contribution in [3.05, 3.63) is 91.4 Å². The van der Waals surface area contributed by atoms with Crippen molar-refractivity contribution in [3.63, 3.8) is 0 Å². The van der Waals surface area contributed by atoms with Crippen LogP contribution in [0.25, 0.3) is 21.8 Å². The molecule has 4 rings (SSSR count). The van der Waals surface area contributed by atoms with Gasteiger partial charge in [0.25, 0.3) is 5.56 Å². The van der Waals surface area contributed by atoms with Crippen molar-refractivity contribution in [2.45, 2.75) is 26.3 Å². The Morgan fingerprint density at radius 2 is 1.83 bits per heavy atom. The maximum atomic E-state index is 14.5. The number of carbonyl (C=O) groups excluding carboxylic acids is 1. The zero-order chi connectivity index (χ0) is 25.3. The summed E-state index contributed by atoms with van der Waals surface area (Å²) in [5.74, 6) is -2.48. The van der Waals surface area contributed by atoms with Crippen molar-refractivity contribution < 1.29 is 13.6 Å². The Hall–Kier alpha value is -3.92.